The van der Waals surface area contributed by atoms with E-state index < -0.39 is 0 Å². The summed E-state index contributed by atoms with van der Waals surface area (Å²) < 4.78 is 16.1. The summed E-state index contributed by atoms with van der Waals surface area (Å²) in [4.78, 5) is 9.13. The van der Waals surface area contributed by atoms with E-state index in [-0.39, 0.29) is 11.4 Å². The van der Waals surface area contributed by atoms with Gasteiger partial charge >= 0.3 is 0 Å². The second kappa shape index (κ2) is 12.2. The van der Waals surface area contributed by atoms with Gasteiger partial charge in [0.1, 0.15) is 5.82 Å². The van der Waals surface area contributed by atoms with E-state index in [1.165, 1.54) is 33.7 Å². The summed E-state index contributed by atoms with van der Waals surface area (Å²) in [5, 5.41) is 6.60. The molecular weight excluding hydrogens is 521 g/mol. The van der Waals surface area contributed by atoms with Crippen molar-refractivity contribution in [3.8, 4) is 0 Å². The SMILES string of the molecule is CN(C)C1(Cc2ccccc2)CC=C(c2[nH]c3ccc(F)cc3c2CCn2cccn2)CC1.c1ccc2[nH]ccc2c1. The molecule has 0 amide bonds. The summed E-state index contributed by atoms with van der Waals surface area (Å²) in [7, 11) is 4.39. The fourth-order valence-corrected chi connectivity index (χ4v) is 6.22. The summed E-state index contributed by atoms with van der Waals surface area (Å²) in [6, 6.07) is 28.1. The molecule has 5 nitrogen and oxygen atoms in total. The van der Waals surface area contributed by atoms with Gasteiger partial charge in [0.15, 0.2) is 0 Å². The van der Waals surface area contributed by atoms with E-state index in [0.29, 0.717) is 0 Å². The van der Waals surface area contributed by atoms with Crippen molar-refractivity contribution in [2.45, 2.75) is 44.2 Å². The van der Waals surface area contributed by atoms with E-state index in [1.54, 1.807) is 12.3 Å². The number of hydrogen-bond acceptors (Lipinski definition) is 2. The Labute approximate surface area is 246 Å². The lowest BCUT2D eigenvalue weighted by Gasteiger charge is -2.42. The molecule has 1 unspecified atom stereocenters. The van der Waals surface area contributed by atoms with Gasteiger partial charge in [-0.3, -0.25) is 4.68 Å². The lowest BCUT2D eigenvalue weighted by Crippen LogP contribution is -2.47. The number of hydrogen-bond donors (Lipinski definition) is 2. The van der Waals surface area contributed by atoms with E-state index in [9.17, 15) is 4.39 Å². The van der Waals surface area contributed by atoms with Gasteiger partial charge in [-0.1, -0.05) is 54.6 Å². The van der Waals surface area contributed by atoms with Crippen LogP contribution in [0.4, 0.5) is 4.39 Å². The van der Waals surface area contributed by atoms with Crippen molar-refractivity contribution in [3.05, 3.63) is 132 Å². The normalized spacial score (nSPS) is 16.9. The van der Waals surface area contributed by atoms with Crippen LogP contribution in [0.2, 0.25) is 0 Å². The summed E-state index contributed by atoms with van der Waals surface area (Å²) in [6.07, 6.45) is 13.0. The lowest BCUT2D eigenvalue weighted by atomic mass is 9.76. The molecule has 1 atom stereocenters. The fraction of sp³-hybridized carbons (Fsp3) is 0.250. The van der Waals surface area contributed by atoms with E-state index in [1.807, 2.05) is 41.3 Å². The van der Waals surface area contributed by atoms with Crippen LogP contribution in [0.1, 0.15) is 36.1 Å². The van der Waals surface area contributed by atoms with Gasteiger partial charge in [0.05, 0.1) is 0 Å². The molecule has 214 valence electrons. The highest BCUT2D eigenvalue weighted by atomic mass is 19.1. The van der Waals surface area contributed by atoms with Gasteiger partial charge in [-0.15, -0.1) is 0 Å². The molecule has 0 bridgehead atoms. The molecule has 6 aromatic rings. The number of para-hydroxylation sites is 1. The minimum atomic E-state index is -0.194. The number of nitrogens with zero attached hydrogens (tertiary/aromatic N) is 3. The maximum Gasteiger partial charge on any atom is 0.123 e. The van der Waals surface area contributed by atoms with Gasteiger partial charge in [-0.05, 0) is 105 Å². The summed E-state index contributed by atoms with van der Waals surface area (Å²) >= 11 is 0. The highest BCUT2D eigenvalue weighted by Crippen LogP contribution is 2.40. The van der Waals surface area contributed by atoms with E-state index >= 15 is 0 Å². The van der Waals surface area contributed by atoms with Crippen molar-refractivity contribution in [1.29, 1.82) is 0 Å². The molecule has 1 aliphatic carbocycles. The van der Waals surface area contributed by atoms with Gasteiger partial charge in [-0.2, -0.15) is 5.10 Å². The molecule has 0 fully saturated rings. The van der Waals surface area contributed by atoms with Crippen LogP contribution in [0.25, 0.3) is 27.4 Å². The van der Waals surface area contributed by atoms with E-state index in [0.717, 1.165) is 55.2 Å². The Morgan fingerprint density at radius 1 is 0.952 bits per heavy atom. The molecule has 6 heteroatoms. The molecular formula is C36H38FN5. The monoisotopic (exact) mass is 559 g/mol. The molecule has 7 rings (SSSR count). The number of nitrogens with one attached hydrogen (secondary N) is 2. The first-order chi connectivity index (χ1) is 20.5. The zero-order chi connectivity index (χ0) is 28.9. The van der Waals surface area contributed by atoms with Crippen LogP contribution in [0, 0.1) is 5.82 Å². The Morgan fingerprint density at radius 2 is 1.79 bits per heavy atom. The second-order valence-corrected chi connectivity index (χ2v) is 11.5. The first-order valence-corrected chi connectivity index (χ1v) is 14.7. The number of aromatic amines is 2. The molecule has 42 heavy (non-hydrogen) atoms. The topological polar surface area (TPSA) is 52.6 Å². The van der Waals surface area contributed by atoms with Crippen molar-refractivity contribution >= 4 is 27.4 Å². The summed E-state index contributed by atoms with van der Waals surface area (Å²) in [6.45, 7) is 0.770. The van der Waals surface area contributed by atoms with Crippen LogP contribution < -0.4 is 0 Å². The summed E-state index contributed by atoms with van der Waals surface area (Å²) in [5.41, 5.74) is 7.38. The smallest absolute Gasteiger partial charge is 0.123 e. The highest BCUT2D eigenvalue weighted by Gasteiger charge is 2.35. The van der Waals surface area contributed by atoms with Gasteiger partial charge in [-0.25, -0.2) is 4.39 Å². The molecule has 0 saturated carbocycles. The third-order valence-electron chi connectivity index (χ3n) is 8.71. The highest BCUT2D eigenvalue weighted by molar-refractivity contribution is 5.89. The number of allylic oxidation sites excluding steroid dienone is 1. The van der Waals surface area contributed by atoms with Crippen LogP contribution in [-0.2, 0) is 19.4 Å². The third-order valence-corrected chi connectivity index (χ3v) is 8.71. The maximum atomic E-state index is 14.1. The molecule has 0 spiro atoms. The van der Waals surface area contributed by atoms with E-state index in [2.05, 4.69) is 88.7 Å². The zero-order valence-corrected chi connectivity index (χ0v) is 24.4. The van der Waals surface area contributed by atoms with Crippen molar-refractivity contribution in [2.24, 2.45) is 0 Å². The minimum absolute atomic E-state index is 0.109. The predicted octanol–water partition coefficient (Wildman–Crippen LogP) is 8.02. The molecule has 1 aliphatic rings. The maximum absolute atomic E-state index is 14.1. The average molecular weight is 560 g/mol. The number of benzene rings is 3. The Morgan fingerprint density at radius 3 is 2.52 bits per heavy atom. The number of halogens is 1. The first-order valence-electron chi connectivity index (χ1n) is 14.7. The Kier molecular flexibility index (Phi) is 8.06. The molecule has 3 aromatic carbocycles. The van der Waals surface area contributed by atoms with Gasteiger partial charge < -0.3 is 14.9 Å². The molecule has 3 heterocycles. The van der Waals surface area contributed by atoms with Gasteiger partial charge in [0, 0.05) is 52.8 Å². The molecule has 2 N–H and O–H groups in total. The van der Waals surface area contributed by atoms with Crippen LogP contribution in [-0.4, -0.2) is 44.3 Å². The standard InChI is InChI=1S/C28H31FN4.C8H7N/c1-32(2)28(20-21-7-4-3-5-8-21)14-11-22(12-15-28)27-24(13-18-33-17-6-16-30-33)25-19-23(29)9-10-26(25)31-27;1-2-4-8-7(3-1)5-6-9-8/h3-11,16-17,19,31H,12-15,18,20H2,1-2H3;1-6,9H. The number of rotatable bonds is 7. The van der Waals surface area contributed by atoms with Crippen LogP contribution in [0.5, 0.6) is 0 Å². The Hall–Kier alpha value is -4.42. The second-order valence-electron chi connectivity index (χ2n) is 11.5. The van der Waals surface area contributed by atoms with Gasteiger partial charge in [0.2, 0.25) is 0 Å². The van der Waals surface area contributed by atoms with Crippen molar-refractivity contribution in [3.63, 3.8) is 0 Å². The van der Waals surface area contributed by atoms with E-state index in [4.69, 9.17) is 0 Å². The molecule has 3 aromatic heterocycles. The van der Waals surface area contributed by atoms with Crippen LogP contribution in [0.3, 0.4) is 0 Å². The quantitative estimate of drug-likeness (QED) is 0.208. The number of fused-ring (bicyclic) bond motifs is 2. The molecule has 0 aliphatic heterocycles. The molecule has 0 radical (unpaired) electrons. The predicted molar refractivity (Wildman–Crippen MR) is 171 cm³/mol. The number of likely N-dealkylation sites (N-methyl/N-ethyl adjacent to an activating group) is 1. The molecule has 0 saturated heterocycles. The third kappa shape index (κ3) is 5.95. The minimum Gasteiger partial charge on any atom is -0.361 e. The average Bonchev–Trinajstić information content (AvgIpc) is 3.77. The number of H-pyrrole nitrogens is 2. The van der Waals surface area contributed by atoms with Crippen LogP contribution >= 0.6 is 0 Å². The number of aryl methyl sites for hydroxylation is 2. The van der Waals surface area contributed by atoms with Crippen molar-refractivity contribution < 1.29 is 4.39 Å². The summed E-state index contributed by atoms with van der Waals surface area (Å²) in [5.74, 6) is -0.194. The zero-order valence-electron chi connectivity index (χ0n) is 24.4. The number of aromatic nitrogens is 4. The van der Waals surface area contributed by atoms with Crippen molar-refractivity contribution in [1.82, 2.24) is 24.6 Å². The van der Waals surface area contributed by atoms with Crippen LogP contribution in [0.15, 0.2) is 110 Å². The largest absolute Gasteiger partial charge is 0.361 e. The fourth-order valence-electron chi connectivity index (χ4n) is 6.22. The Bertz CT molecular complexity index is 1750. The first kappa shape index (κ1) is 27.7. The Balaban J connectivity index is 0.000000296. The van der Waals surface area contributed by atoms with Crippen molar-refractivity contribution in [2.75, 3.05) is 14.1 Å². The lowest BCUT2D eigenvalue weighted by molar-refractivity contribution is 0.138. The van der Waals surface area contributed by atoms with Gasteiger partial charge in [0.25, 0.3) is 0 Å².